The second-order valence-electron chi connectivity index (χ2n) is 5.02. The molecule has 1 heterocycles. The molecule has 0 radical (unpaired) electrons. The van der Waals surface area contributed by atoms with Crippen molar-refractivity contribution in [2.24, 2.45) is 5.73 Å². The molecule has 0 atom stereocenters. The summed E-state index contributed by atoms with van der Waals surface area (Å²) in [4.78, 5) is 3.31. The predicted molar refractivity (Wildman–Crippen MR) is 78.9 cm³/mol. The number of nitrogens with zero attached hydrogens (tertiary/aromatic N) is 2. The molecule has 1 saturated heterocycles. The van der Waals surface area contributed by atoms with Crippen LogP contribution < -0.4 is 10.6 Å². The van der Waals surface area contributed by atoms with Crippen molar-refractivity contribution in [3.63, 3.8) is 0 Å². The molecule has 2 rings (SSSR count). The molecule has 114 valence electrons. The number of hydrogen-bond acceptors (Lipinski definition) is 4. The third kappa shape index (κ3) is 3.18. The van der Waals surface area contributed by atoms with Crippen molar-refractivity contribution in [3.8, 4) is 0 Å². The van der Waals surface area contributed by atoms with Gasteiger partial charge in [-0.25, -0.2) is 8.78 Å². The van der Waals surface area contributed by atoms with Crippen LogP contribution in [0.3, 0.4) is 0 Å². The Morgan fingerprint density at radius 2 is 1.81 bits per heavy atom. The van der Waals surface area contributed by atoms with E-state index in [1.165, 1.54) is 11.0 Å². The maximum absolute atomic E-state index is 14.0. The number of hydrogen-bond donors (Lipinski definition) is 3. The third-order valence-corrected chi connectivity index (χ3v) is 3.86. The van der Waals surface area contributed by atoms with Gasteiger partial charge in [-0.15, -0.1) is 0 Å². The molecule has 0 aromatic heterocycles. The fourth-order valence-corrected chi connectivity index (χ4v) is 2.63. The van der Waals surface area contributed by atoms with Gasteiger partial charge in [0.05, 0.1) is 18.4 Å². The van der Waals surface area contributed by atoms with Crippen LogP contribution in [0, 0.1) is 22.5 Å². The highest BCUT2D eigenvalue weighted by Gasteiger charge is 2.24. The predicted octanol–water partition coefficient (Wildman–Crippen LogP) is 1.91. The summed E-state index contributed by atoms with van der Waals surface area (Å²) in [6, 6.07) is 2.41. The molecule has 0 amide bonds. The van der Waals surface area contributed by atoms with Crippen molar-refractivity contribution in [2.75, 3.05) is 18.0 Å². The van der Waals surface area contributed by atoms with E-state index in [0.717, 1.165) is 18.7 Å². The van der Waals surface area contributed by atoms with Crippen LogP contribution in [-0.2, 0) is 6.54 Å². The summed E-state index contributed by atoms with van der Waals surface area (Å²) in [5, 5.41) is 14.5. The van der Waals surface area contributed by atoms with Crippen LogP contribution in [0.1, 0.15) is 18.4 Å². The lowest BCUT2D eigenvalue weighted by Gasteiger charge is -2.36. The van der Waals surface area contributed by atoms with Crippen molar-refractivity contribution in [1.82, 2.24) is 4.90 Å². The molecule has 0 aliphatic carbocycles. The van der Waals surface area contributed by atoms with Gasteiger partial charge in [0, 0.05) is 37.3 Å². The van der Waals surface area contributed by atoms with Crippen molar-refractivity contribution in [2.45, 2.75) is 25.4 Å². The minimum absolute atomic E-state index is 0.0290. The van der Waals surface area contributed by atoms with Crippen LogP contribution in [0.25, 0.3) is 0 Å². The van der Waals surface area contributed by atoms with Crippen LogP contribution in [0.4, 0.5) is 14.5 Å². The van der Waals surface area contributed by atoms with Gasteiger partial charge in [0.25, 0.3) is 0 Å². The molecule has 1 aliphatic heterocycles. The lowest BCUT2D eigenvalue weighted by molar-refractivity contribution is 0.363. The van der Waals surface area contributed by atoms with Gasteiger partial charge < -0.3 is 15.5 Å². The molecule has 1 fully saturated rings. The summed E-state index contributed by atoms with van der Waals surface area (Å²) in [6.45, 7) is 1.08. The Morgan fingerprint density at radius 1 is 1.19 bits per heavy atom. The molecule has 5 nitrogen and oxygen atoms in total. The fraction of sp³-hybridized carbons (Fsp3) is 0.429. The first kappa shape index (κ1) is 15.4. The van der Waals surface area contributed by atoms with E-state index in [2.05, 4.69) is 0 Å². The topological polar surface area (TPSA) is 80.2 Å². The molecule has 1 aromatic rings. The van der Waals surface area contributed by atoms with Gasteiger partial charge in [0.1, 0.15) is 11.6 Å². The van der Waals surface area contributed by atoms with Crippen LogP contribution >= 0.6 is 0 Å². The molecule has 0 spiro atoms. The summed E-state index contributed by atoms with van der Waals surface area (Å²) in [6.07, 6.45) is 3.60. The molecular formula is C14H19F2N5. The number of anilines is 1. The Hall–Kier alpha value is -2.02. The van der Waals surface area contributed by atoms with E-state index in [-0.39, 0.29) is 23.8 Å². The molecule has 1 aliphatic rings. The molecule has 0 unspecified atom stereocenters. The van der Waals surface area contributed by atoms with Gasteiger partial charge in [-0.3, -0.25) is 10.8 Å². The Kier molecular flexibility index (Phi) is 4.85. The Labute approximate surface area is 122 Å². The molecular weight excluding hydrogens is 276 g/mol. The van der Waals surface area contributed by atoms with E-state index < -0.39 is 11.6 Å². The molecule has 0 bridgehead atoms. The molecule has 21 heavy (non-hydrogen) atoms. The highest BCUT2D eigenvalue weighted by Crippen LogP contribution is 2.27. The summed E-state index contributed by atoms with van der Waals surface area (Å²) >= 11 is 0. The van der Waals surface area contributed by atoms with Gasteiger partial charge in [0.15, 0.2) is 0 Å². The molecule has 4 N–H and O–H groups in total. The average molecular weight is 295 g/mol. The van der Waals surface area contributed by atoms with E-state index in [0.29, 0.717) is 25.9 Å². The first-order valence-corrected chi connectivity index (χ1v) is 6.82. The smallest absolute Gasteiger partial charge is 0.147 e. The summed E-state index contributed by atoms with van der Waals surface area (Å²) in [5.74, 6) is -0.956. The maximum atomic E-state index is 14.0. The van der Waals surface area contributed by atoms with Crippen molar-refractivity contribution in [3.05, 3.63) is 29.3 Å². The first-order chi connectivity index (χ1) is 10.1. The first-order valence-electron chi connectivity index (χ1n) is 6.82. The van der Waals surface area contributed by atoms with Gasteiger partial charge in [-0.05, 0) is 18.9 Å². The minimum atomic E-state index is -0.489. The highest BCUT2D eigenvalue weighted by atomic mass is 19.1. The zero-order valence-corrected chi connectivity index (χ0v) is 11.6. The van der Waals surface area contributed by atoms with Crippen LogP contribution in [0.2, 0.25) is 0 Å². The molecule has 1 aromatic carbocycles. The summed E-state index contributed by atoms with van der Waals surface area (Å²) < 4.78 is 27.8. The van der Waals surface area contributed by atoms with Gasteiger partial charge in [-0.1, -0.05) is 0 Å². The van der Waals surface area contributed by atoms with E-state index in [4.69, 9.17) is 16.6 Å². The normalized spacial score (nSPS) is 15.9. The SMILES string of the molecule is N=CN(C=N)C1CCN(c2cc(F)c(CN)cc2F)CC1. The number of benzene rings is 1. The monoisotopic (exact) mass is 295 g/mol. The number of nitrogens with two attached hydrogens (primary N) is 1. The Morgan fingerprint density at radius 3 is 2.33 bits per heavy atom. The largest absolute Gasteiger partial charge is 0.369 e. The molecule has 0 saturated carbocycles. The Bertz CT molecular complexity index is 518. The average Bonchev–Trinajstić information content (AvgIpc) is 2.51. The quantitative estimate of drug-likeness (QED) is 0.573. The maximum Gasteiger partial charge on any atom is 0.147 e. The van der Waals surface area contributed by atoms with Crippen LogP contribution in [0.15, 0.2) is 12.1 Å². The van der Waals surface area contributed by atoms with Gasteiger partial charge in [0.2, 0.25) is 0 Å². The summed E-state index contributed by atoms with van der Waals surface area (Å²) in [7, 11) is 0. The van der Waals surface area contributed by atoms with E-state index in [9.17, 15) is 8.78 Å². The number of nitrogens with one attached hydrogen (secondary N) is 2. The Balaban J connectivity index is 2.10. The second-order valence-corrected chi connectivity index (χ2v) is 5.02. The zero-order chi connectivity index (χ0) is 15.4. The van der Waals surface area contributed by atoms with Crippen molar-refractivity contribution < 1.29 is 8.78 Å². The van der Waals surface area contributed by atoms with Crippen molar-refractivity contribution >= 4 is 18.4 Å². The lowest BCUT2D eigenvalue weighted by atomic mass is 10.0. The van der Waals surface area contributed by atoms with Crippen LogP contribution in [-0.4, -0.2) is 36.7 Å². The number of halogens is 2. The highest BCUT2D eigenvalue weighted by molar-refractivity contribution is 5.72. The van der Waals surface area contributed by atoms with Gasteiger partial charge >= 0.3 is 0 Å². The number of piperidine rings is 1. The minimum Gasteiger partial charge on any atom is -0.369 e. The fourth-order valence-electron chi connectivity index (χ4n) is 2.63. The standard InChI is InChI=1S/C14H19F2N5/c15-12-6-14(13(16)5-10(12)7-17)20-3-1-11(2-4-20)21(8-18)9-19/h5-6,8-9,11,18-19H,1-4,7,17H2. The van der Waals surface area contributed by atoms with E-state index in [1.54, 1.807) is 4.90 Å². The summed E-state index contributed by atoms with van der Waals surface area (Å²) in [5.41, 5.74) is 5.78. The third-order valence-electron chi connectivity index (χ3n) is 3.86. The zero-order valence-electron chi connectivity index (χ0n) is 11.6. The number of rotatable bonds is 5. The van der Waals surface area contributed by atoms with E-state index in [1.807, 2.05) is 0 Å². The van der Waals surface area contributed by atoms with E-state index >= 15 is 0 Å². The molecule has 7 heteroatoms. The second kappa shape index (κ2) is 6.62. The lowest BCUT2D eigenvalue weighted by Crippen LogP contribution is -2.44. The van der Waals surface area contributed by atoms with Gasteiger partial charge in [-0.2, -0.15) is 0 Å². The van der Waals surface area contributed by atoms with Crippen LogP contribution in [0.5, 0.6) is 0 Å². The van der Waals surface area contributed by atoms with Crippen molar-refractivity contribution in [1.29, 1.82) is 10.8 Å².